The van der Waals surface area contributed by atoms with Crippen molar-refractivity contribution in [1.29, 1.82) is 0 Å². The smallest absolute Gasteiger partial charge is 0.229 e. The zero-order valence-electron chi connectivity index (χ0n) is 24.2. The normalized spacial score (nSPS) is 14.2. The summed E-state index contributed by atoms with van der Waals surface area (Å²) in [6.45, 7) is 15.7. The molecule has 0 saturated heterocycles. The Hall–Kier alpha value is -4.06. The van der Waals surface area contributed by atoms with E-state index < -0.39 is 10.0 Å². The predicted molar refractivity (Wildman–Crippen MR) is 161 cm³/mol. The van der Waals surface area contributed by atoms with Crippen molar-refractivity contribution in [2.45, 2.75) is 48.5 Å². The first-order valence-electron chi connectivity index (χ1n) is 13.1. The number of amides is 1. The van der Waals surface area contributed by atoms with E-state index in [2.05, 4.69) is 51.1 Å². The van der Waals surface area contributed by atoms with Crippen LogP contribution in [0.3, 0.4) is 0 Å². The molecule has 2 N–H and O–H groups in total. The number of carbonyl (C=O) groups is 1. The van der Waals surface area contributed by atoms with Gasteiger partial charge in [-0.25, -0.2) is 13.4 Å². The third kappa shape index (κ3) is 6.06. The molecule has 11 nitrogen and oxygen atoms in total. The van der Waals surface area contributed by atoms with Crippen molar-refractivity contribution in [3.8, 4) is 11.4 Å². The molecule has 0 fully saturated rings. The van der Waals surface area contributed by atoms with E-state index in [-0.39, 0.29) is 17.0 Å². The van der Waals surface area contributed by atoms with Crippen molar-refractivity contribution in [3.63, 3.8) is 0 Å². The summed E-state index contributed by atoms with van der Waals surface area (Å²) in [6.07, 6.45) is 1.07. The van der Waals surface area contributed by atoms with Crippen LogP contribution in [0, 0.1) is 12.3 Å². The first-order valence-corrected chi connectivity index (χ1v) is 15.0. The fourth-order valence-electron chi connectivity index (χ4n) is 4.52. The standard InChI is InChI=1S/C28H36N8O3S/c1-9-35(10-2)20-12-14-22(17(3)15-20)30-24-25(28(5,6)7)33-36-26(31-32-27(24)36)21-16-19(29-18(4)37)11-13-23(21)34-40(8,38)39/h11-16,34H,9-10H2,1-8H3,(H,29,37)/b30-24-. The summed E-state index contributed by atoms with van der Waals surface area (Å²) >= 11 is 0. The lowest BCUT2D eigenvalue weighted by Gasteiger charge is -2.22. The molecule has 40 heavy (non-hydrogen) atoms. The van der Waals surface area contributed by atoms with Gasteiger partial charge in [0.15, 0.2) is 5.82 Å². The molecule has 2 heterocycles. The zero-order chi connectivity index (χ0) is 29.4. The first kappa shape index (κ1) is 28.9. The molecule has 1 aliphatic rings. The van der Waals surface area contributed by atoms with Crippen LogP contribution in [0.4, 0.5) is 22.7 Å². The Morgan fingerprint density at radius 2 is 1.73 bits per heavy atom. The Morgan fingerprint density at radius 1 is 1.05 bits per heavy atom. The lowest BCUT2D eigenvalue weighted by Crippen LogP contribution is -2.27. The van der Waals surface area contributed by atoms with Crippen LogP contribution in [0.15, 0.2) is 46.5 Å². The van der Waals surface area contributed by atoms with Crippen LogP contribution in [-0.4, -0.2) is 60.0 Å². The van der Waals surface area contributed by atoms with Crippen LogP contribution in [0.5, 0.6) is 0 Å². The van der Waals surface area contributed by atoms with E-state index in [9.17, 15) is 13.2 Å². The van der Waals surface area contributed by atoms with E-state index in [4.69, 9.17) is 10.1 Å². The number of fused-ring (bicyclic) bond motifs is 1. The minimum absolute atomic E-state index is 0.258. The topological polar surface area (TPSA) is 134 Å². The Balaban J connectivity index is 1.88. The second-order valence-corrected chi connectivity index (χ2v) is 12.5. The average molecular weight is 565 g/mol. The van der Waals surface area contributed by atoms with Crippen molar-refractivity contribution >= 4 is 50.1 Å². The molecular weight excluding hydrogens is 528 g/mol. The third-order valence-electron chi connectivity index (χ3n) is 6.40. The van der Waals surface area contributed by atoms with Crippen molar-refractivity contribution in [3.05, 3.63) is 47.8 Å². The van der Waals surface area contributed by atoms with Gasteiger partial charge in [0.2, 0.25) is 21.8 Å². The predicted octanol–water partition coefficient (Wildman–Crippen LogP) is 4.81. The van der Waals surface area contributed by atoms with Gasteiger partial charge in [0.25, 0.3) is 0 Å². The summed E-state index contributed by atoms with van der Waals surface area (Å²) in [5.74, 6) is 0.502. The number of benzene rings is 2. The van der Waals surface area contributed by atoms with Gasteiger partial charge in [-0.1, -0.05) is 20.8 Å². The van der Waals surface area contributed by atoms with Crippen LogP contribution in [0.2, 0.25) is 0 Å². The fraction of sp³-hybridized carbons (Fsp3) is 0.393. The largest absolute Gasteiger partial charge is 0.372 e. The minimum Gasteiger partial charge on any atom is -0.372 e. The maximum atomic E-state index is 12.1. The second-order valence-electron chi connectivity index (χ2n) is 10.8. The summed E-state index contributed by atoms with van der Waals surface area (Å²) in [6, 6.07) is 11.0. The first-order chi connectivity index (χ1) is 18.7. The molecule has 0 saturated carbocycles. The molecule has 1 aliphatic heterocycles. The molecule has 0 radical (unpaired) electrons. The maximum Gasteiger partial charge on any atom is 0.229 e. The minimum atomic E-state index is -3.60. The van der Waals surface area contributed by atoms with E-state index in [0.717, 1.165) is 42.0 Å². The summed E-state index contributed by atoms with van der Waals surface area (Å²) in [7, 11) is -3.60. The molecule has 2 aromatic carbocycles. The summed E-state index contributed by atoms with van der Waals surface area (Å²) in [5, 5.41) is 16.4. The molecule has 1 amide bonds. The lowest BCUT2D eigenvalue weighted by molar-refractivity contribution is -0.114. The van der Waals surface area contributed by atoms with Crippen LogP contribution in [0.1, 0.15) is 52.9 Å². The molecule has 0 spiro atoms. The van der Waals surface area contributed by atoms with Crippen LogP contribution in [0.25, 0.3) is 11.4 Å². The van der Waals surface area contributed by atoms with Crippen molar-refractivity contribution in [2.24, 2.45) is 15.5 Å². The van der Waals surface area contributed by atoms with Crippen molar-refractivity contribution in [2.75, 3.05) is 34.3 Å². The Kier molecular flexibility index (Phi) is 7.84. The van der Waals surface area contributed by atoms with Gasteiger partial charge in [-0.15, -0.1) is 10.2 Å². The van der Waals surface area contributed by atoms with Gasteiger partial charge >= 0.3 is 0 Å². The van der Waals surface area contributed by atoms with Gasteiger partial charge in [0, 0.05) is 42.4 Å². The number of aliphatic imine (C=N–C) groups is 1. The highest BCUT2D eigenvalue weighted by molar-refractivity contribution is 7.92. The van der Waals surface area contributed by atoms with Crippen molar-refractivity contribution < 1.29 is 13.2 Å². The number of anilines is 3. The van der Waals surface area contributed by atoms with E-state index in [1.165, 1.54) is 6.92 Å². The number of hydrogen-bond donors (Lipinski definition) is 2. The van der Waals surface area contributed by atoms with E-state index >= 15 is 0 Å². The van der Waals surface area contributed by atoms with E-state index in [1.807, 2.05) is 33.8 Å². The van der Waals surface area contributed by atoms with Crippen LogP contribution >= 0.6 is 0 Å². The molecule has 212 valence electrons. The lowest BCUT2D eigenvalue weighted by atomic mass is 9.87. The number of aromatic nitrogens is 3. The fourth-order valence-corrected chi connectivity index (χ4v) is 5.10. The Bertz CT molecular complexity index is 1630. The number of nitrogens with one attached hydrogen (secondary N) is 2. The molecule has 0 aliphatic carbocycles. The third-order valence-corrected chi connectivity index (χ3v) is 7.00. The highest BCUT2D eigenvalue weighted by Gasteiger charge is 2.36. The number of nitrogens with zero attached hydrogens (tertiary/aromatic N) is 6. The van der Waals surface area contributed by atoms with Gasteiger partial charge in [0.1, 0.15) is 5.71 Å². The Labute approximate surface area is 235 Å². The summed E-state index contributed by atoms with van der Waals surface area (Å²) < 4.78 is 28.4. The van der Waals surface area contributed by atoms with Crippen LogP contribution in [-0.2, 0) is 14.8 Å². The highest BCUT2D eigenvalue weighted by atomic mass is 32.2. The number of sulfonamides is 1. The summed E-state index contributed by atoms with van der Waals surface area (Å²) in [5.41, 5.74) is 5.08. The molecule has 3 aromatic rings. The van der Waals surface area contributed by atoms with Gasteiger partial charge in [0.05, 0.1) is 23.3 Å². The zero-order valence-corrected chi connectivity index (χ0v) is 25.0. The monoisotopic (exact) mass is 564 g/mol. The van der Waals surface area contributed by atoms with Crippen LogP contribution < -0.4 is 14.9 Å². The average Bonchev–Trinajstić information content (AvgIpc) is 3.41. The van der Waals surface area contributed by atoms with E-state index in [0.29, 0.717) is 28.6 Å². The van der Waals surface area contributed by atoms with Gasteiger partial charge in [-0.05, 0) is 62.7 Å². The molecule has 0 unspecified atom stereocenters. The van der Waals surface area contributed by atoms with Gasteiger partial charge < -0.3 is 10.2 Å². The quantitative estimate of drug-likeness (QED) is 0.403. The van der Waals surface area contributed by atoms with Gasteiger partial charge in [-0.3, -0.25) is 9.52 Å². The van der Waals surface area contributed by atoms with E-state index in [1.54, 1.807) is 22.9 Å². The maximum absolute atomic E-state index is 12.1. The SMILES string of the molecule is CCN(CC)c1ccc(/N=C2/C(C(C)(C)C)=Nn3c2nnc3-c2cc(NC(C)=O)ccc2NS(C)(=O)=O)c(C)c1. The number of rotatable bonds is 8. The molecule has 1 aromatic heterocycles. The molecule has 4 rings (SSSR count). The Morgan fingerprint density at radius 3 is 2.30 bits per heavy atom. The molecular formula is C28H36N8O3S. The summed E-state index contributed by atoms with van der Waals surface area (Å²) in [4.78, 5) is 19.0. The molecule has 0 atom stereocenters. The number of carbonyl (C=O) groups excluding carboxylic acids is 1. The second kappa shape index (κ2) is 10.8. The number of hydrogen-bond acceptors (Lipinski definition) is 8. The van der Waals surface area contributed by atoms with Crippen molar-refractivity contribution in [1.82, 2.24) is 14.9 Å². The molecule has 0 bridgehead atoms. The number of aryl methyl sites for hydroxylation is 1. The molecule has 12 heteroatoms. The van der Waals surface area contributed by atoms with Gasteiger partial charge in [-0.2, -0.15) is 9.78 Å². The highest BCUT2D eigenvalue weighted by Crippen LogP contribution is 2.35.